The summed E-state index contributed by atoms with van der Waals surface area (Å²) >= 11 is 0. The Bertz CT molecular complexity index is 451. The molecular weight excluding hydrogens is 240 g/mol. The molecule has 1 saturated heterocycles. The number of ketones is 1. The highest BCUT2D eigenvalue weighted by molar-refractivity contribution is 5.80. The number of nitrogens with zero attached hydrogens (tertiary/aromatic N) is 4. The molecule has 0 bridgehead atoms. The van der Waals surface area contributed by atoms with Crippen molar-refractivity contribution in [2.45, 2.75) is 33.1 Å². The van der Waals surface area contributed by atoms with Crippen molar-refractivity contribution in [3.05, 3.63) is 11.9 Å². The maximum Gasteiger partial charge on any atom is 0.136 e. The average molecular weight is 262 g/mol. The molecule has 0 atom stereocenters. The lowest BCUT2D eigenvalue weighted by molar-refractivity contribution is -0.119. The van der Waals surface area contributed by atoms with Crippen LogP contribution in [0, 0.1) is 6.92 Å². The molecule has 1 aliphatic rings. The van der Waals surface area contributed by atoms with Gasteiger partial charge in [-0.05, 0) is 13.3 Å². The third-order valence-corrected chi connectivity index (χ3v) is 3.41. The Morgan fingerprint density at radius 2 is 2.00 bits per heavy atom. The third kappa shape index (κ3) is 3.43. The Morgan fingerprint density at radius 1 is 1.32 bits per heavy atom. The van der Waals surface area contributed by atoms with Crippen LogP contribution in [0.5, 0.6) is 0 Å². The van der Waals surface area contributed by atoms with Gasteiger partial charge in [0.05, 0.1) is 0 Å². The normalized spacial score (nSPS) is 15.7. The molecule has 0 unspecified atom stereocenters. The molecule has 0 N–H and O–H groups in total. The lowest BCUT2D eigenvalue weighted by atomic mass is 10.1. The molecule has 2 heterocycles. The van der Waals surface area contributed by atoms with Gasteiger partial charge in [0.1, 0.15) is 23.2 Å². The first-order chi connectivity index (χ1) is 9.10. The van der Waals surface area contributed by atoms with E-state index in [1.807, 2.05) is 13.0 Å². The van der Waals surface area contributed by atoms with Crippen molar-refractivity contribution in [2.24, 2.45) is 0 Å². The minimum absolute atomic E-state index is 0.352. The zero-order chi connectivity index (χ0) is 13.8. The van der Waals surface area contributed by atoms with Gasteiger partial charge in [-0.25, -0.2) is 9.97 Å². The van der Waals surface area contributed by atoms with Crippen LogP contribution in [0.25, 0.3) is 0 Å². The number of aromatic nitrogens is 2. The van der Waals surface area contributed by atoms with Crippen molar-refractivity contribution < 1.29 is 4.79 Å². The zero-order valence-electron chi connectivity index (χ0n) is 12.0. The highest BCUT2D eigenvalue weighted by Gasteiger charge is 2.18. The molecule has 2 rings (SSSR count). The van der Waals surface area contributed by atoms with Crippen molar-refractivity contribution in [1.82, 2.24) is 9.97 Å². The van der Waals surface area contributed by atoms with E-state index in [-0.39, 0.29) is 0 Å². The Morgan fingerprint density at radius 3 is 2.63 bits per heavy atom. The minimum atomic E-state index is 0.352. The predicted molar refractivity (Wildman–Crippen MR) is 76.8 cm³/mol. The second kappa shape index (κ2) is 5.99. The van der Waals surface area contributed by atoms with Gasteiger partial charge in [0.15, 0.2) is 0 Å². The first-order valence-corrected chi connectivity index (χ1v) is 6.93. The van der Waals surface area contributed by atoms with E-state index in [1.165, 1.54) is 0 Å². The van der Waals surface area contributed by atoms with E-state index in [0.29, 0.717) is 18.6 Å². The van der Waals surface area contributed by atoms with E-state index in [2.05, 4.69) is 33.7 Å². The summed E-state index contributed by atoms with van der Waals surface area (Å²) in [5, 5.41) is 0. The highest BCUT2D eigenvalue weighted by atomic mass is 16.1. The number of piperidine rings is 1. The number of hydrogen-bond acceptors (Lipinski definition) is 5. The van der Waals surface area contributed by atoms with Crippen LogP contribution in [0.1, 0.15) is 32.0 Å². The fourth-order valence-electron chi connectivity index (χ4n) is 2.33. The number of carbonyl (C=O) groups is 1. The van der Waals surface area contributed by atoms with E-state index in [0.717, 1.165) is 43.5 Å². The van der Waals surface area contributed by atoms with Crippen LogP contribution in [0.15, 0.2) is 6.07 Å². The first-order valence-electron chi connectivity index (χ1n) is 6.93. The van der Waals surface area contributed by atoms with Gasteiger partial charge in [-0.2, -0.15) is 0 Å². The fraction of sp³-hybridized carbons (Fsp3) is 0.643. The number of rotatable bonds is 4. The van der Waals surface area contributed by atoms with Crippen LogP contribution in [-0.4, -0.2) is 42.4 Å². The minimum Gasteiger partial charge on any atom is -0.360 e. The lowest BCUT2D eigenvalue weighted by Crippen LogP contribution is -2.34. The largest absolute Gasteiger partial charge is 0.360 e. The number of aryl methyl sites for hydroxylation is 1. The Kier molecular flexibility index (Phi) is 4.35. The number of hydrogen-bond donors (Lipinski definition) is 0. The van der Waals surface area contributed by atoms with Crippen LogP contribution >= 0.6 is 0 Å². The molecule has 1 fully saturated rings. The van der Waals surface area contributed by atoms with Gasteiger partial charge >= 0.3 is 0 Å². The molecule has 1 aliphatic heterocycles. The predicted octanol–water partition coefficient (Wildman–Crippen LogP) is 1.80. The summed E-state index contributed by atoms with van der Waals surface area (Å²) in [7, 11) is 2.05. The third-order valence-electron chi connectivity index (χ3n) is 3.41. The van der Waals surface area contributed by atoms with E-state index in [1.54, 1.807) is 0 Å². The van der Waals surface area contributed by atoms with E-state index < -0.39 is 0 Å². The van der Waals surface area contributed by atoms with E-state index >= 15 is 0 Å². The van der Waals surface area contributed by atoms with E-state index in [4.69, 9.17) is 0 Å². The number of carbonyl (C=O) groups excluding carboxylic acids is 1. The second-order valence-corrected chi connectivity index (χ2v) is 5.08. The van der Waals surface area contributed by atoms with E-state index in [9.17, 15) is 4.79 Å². The molecule has 1 aromatic rings. The Balaban J connectivity index is 2.18. The second-order valence-electron chi connectivity index (χ2n) is 5.08. The molecule has 104 valence electrons. The summed E-state index contributed by atoms with van der Waals surface area (Å²) in [6.45, 7) is 6.59. The van der Waals surface area contributed by atoms with Crippen molar-refractivity contribution >= 4 is 17.4 Å². The van der Waals surface area contributed by atoms with Crippen LogP contribution in [0.4, 0.5) is 11.6 Å². The SMILES string of the molecule is CCCN(C)c1cc(N2CCC(=O)CC2)nc(C)n1. The van der Waals surface area contributed by atoms with Gasteiger partial charge in [-0.3, -0.25) is 4.79 Å². The van der Waals surface area contributed by atoms with Gasteiger partial charge in [0.25, 0.3) is 0 Å². The summed E-state index contributed by atoms with van der Waals surface area (Å²) in [6.07, 6.45) is 2.35. The zero-order valence-corrected chi connectivity index (χ0v) is 12.0. The topological polar surface area (TPSA) is 49.3 Å². The maximum absolute atomic E-state index is 11.3. The summed E-state index contributed by atoms with van der Waals surface area (Å²) in [4.78, 5) is 24.6. The van der Waals surface area contributed by atoms with Crippen LogP contribution in [0.2, 0.25) is 0 Å². The summed E-state index contributed by atoms with van der Waals surface area (Å²) in [6, 6.07) is 2.03. The van der Waals surface area contributed by atoms with Crippen LogP contribution < -0.4 is 9.80 Å². The molecule has 5 nitrogen and oxygen atoms in total. The van der Waals surface area contributed by atoms with Gasteiger partial charge in [-0.1, -0.05) is 6.92 Å². The number of Topliss-reactive ketones (excluding diaryl/α,β-unsaturated/α-hetero) is 1. The summed E-state index contributed by atoms with van der Waals surface area (Å²) < 4.78 is 0. The molecule has 0 amide bonds. The summed E-state index contributed by atoms with van der Waals surface area (Å²) in [5.41, 5.74) is 0. The molecule has 0 radical (unpaired) electrons. The Hall–Kier alpha value is -1.65. The lowest BCUT2D eigenvalue weighted by Gasteiger charge is -2.28. The molecule has 5 heteroatoms. The smallest absolute Gasteiger partial charge is 0.136 e. The van der Waals surface area contributed by atoms with Crippen molar-refractivity contribution in [3.63, 3.8) is 0 Å². The Labute approximate surface area is 114 Å². The monoisotopic (exact) mass is 262 g/mol. The quantitative estimate of drug-likeness (QED) is 0.828. The van der Waals surface area contributed by atoms with Crippen molar-refractivity contribution in [3.8, 4) is 0 Å². The molecule has 1 aromatic heterocycles. The van der Waals surface area contributed by atoms with Gasteiger partial charge in [0, 0.05) is 45.6 Å². The fourth-order valence-corrected chi connectivity index (χ4v) is 2.33. The van der Waals surface area contributed by atoms with Crippen LogP contribution in [0.3, 0.4) is 0 Å². The molecule has 0 saturated carbocycles. The van der Waals surface area contributed by atoms with Gasteiger partial charge in [0.2, 0.25) is 0 Å². The highest BCUT2D eigenvalue weighted by Crippen LogP contribution is 2.21. The van der Waals surface area contributed by atoms with Gasteiger partial charge in [-0.15, -0.1) is 0 Å². The first kappa shape index (κ1) is 13.8. The molecule has 0 aliphatic carbocycles. The molecule has 0 spiro atoms. The number of anilines is 2. The van der Waals surface area contributed by atoms with Crippen LogP contribution in [-0.2, 0) is 4.79 Å². The van der Waals surface area contributed by atoms with Crippen molar-refractivity contribution in [2.75, 3.05) is 36.5 Å². The molecule has 0 aromatic carbocycles. The molecular formula is C14H22N4O. The molecule has 19 heavy (non-hydrogen) atoms. The van der Waals surface area contributed by atoms with Gasteiger partial charge < -0.3 is 9.80 Å². The average Bonchev–Trinajstić information content (AvgIpc) is 2.39. The standard InChI is InChI=1S/C14H22N4O/c1-4-7-17(3)13-10-14(16-11(2)15-13)18-8-5-12(19)6-9-18/h10H,4-9H2,1-3H3. The van der Waals surface area contributed by atoms with Crippen molar-refractivity contribution in [1.29, 1.82) is 0 Å². The maximum atomic E-state index is 11.3. The summed E-state index contributed by atoms with van der Waals surface area (Å²) in [5.74, 6) is 3.04.